The molecular formula is C20H25N5O2. The lowest BCUT2D eigenvalue weighted by Crippen LogP contribution is -2.38. The molecule has 0 radical (unpaired) electrons. The Bertz CT molecular complexity index is 854. The van der Waals surface area contributed by atoms with E-state index in [-0.39, 0.29) is 17.7 Å². The fourth-order valence-corrected chi connectivity index (χ4v) is 3.98. The Kier molecular flexibility index (Phi) is 4.92. The fraction of sp³-hybridized carbons (Fsp3) is 0.500. The minimum Gasteiger partial charge on any atom is -0.350 e. The van der Waals surface area contributed by atoms with Crippen molar-refractivity contribution >= 4 is 11.8 Å². The van der Waals surface area contributed by atoms with Gasteiger partial charge in [0.05, 0.1) is 31.0 Å². The van der Waals surface area contributed by atoms with Crippen molar-refractivity contribution in [3.05, 3.63) is 47.0 Å². The van der Waals surface area contributed by atoms with Crippen molar-refractivity contribution in [2.24, 2.45) is 5.92 Å². The molecule has 0 aromatic carbocycles. The molecule has 2 amide bonds. The van der Waals surface area contributed by atoms with Crippen LogP contribution in [0, 0.1) is 12.8 Å². The first kappa shape index (κ1) is 17.7. The summed E-state index contributed by atoms with van der Waals surface area (Å²) in [6, 6.07) is 3.77. The Hall–Kier alpha value is -2.70. The number of fused-ring (bicyclic) bond motifs is 1. The van der Waals surface area contributed by atoms with Crippen molar-refractivity contribution in [3.63, 3.8) is 0 Å². The molecule has 3 heterocycles. The van der Waals surface area contributed by atoms with Crippen LogP contribution in [0.5, 0.6) is 0 Å². The van der Waals surface area contributed by atoms with E-state index in [1.54, 1.807) is 18.5 Å². The molecule has 2 aliphatic rings. The Morgan fingerprint density at radius 2 is 2.07 bits per heavy atom. The van der Waals surface area contributed by atoms with Crippen LogP contribution >= 0.6 is 0 Å². The normalized spacial score (nSPS) is 17.0. The zero-order valence-corrected chi connectivity index (χ0v) is 15.6. The van der Waals surface area contributed by atoms with Crippen LogP contribution in [-0.2, 0) is 24.4 Å². The molecule has 1 N–H and O–H groups in total. The third-order valence-electron chi connectivity index (χ3n) is 5.56. The second-order valence-electron chi connectivity index (χ2n) is 7.47. The van der Waals surface area contributed by atoms with Gasteiger partial charge in [-0.3, -0.25) is 19.3 Å². The summed E-state index contributed by atoms with van der Waals surface area (Å²) in [4.78, 5) is 30.9. The summed E-state index contributed by atoms with van der Waals surface area (Å²) in [5, 5.41) is 7.60. The van der Waals surface area contributed by atoms with Crippen molar-refractivity contribution < 1.29 is 9.59 Å². The van der Waals surface area contributed by atoms with Gasteiger partial charge in [0.1, 0.15) is 0 Å². The number of carbonyl (C=O) groups is 2. The summed E-state index contributed by atoms with van der Waals surface area (Å²) < 4.78 is 1.94. The molecule has 0 atom stereocenters. The highest BCUT2D eigenvalue weighted by atomic mass is 16.2. The monoisotopic (exact) mass is 367 g/mol. The van der Waals surface area contributed by atoms with Gasteiger partial charge in [0, 0.05) is 30.4 Å². The number of nitrogens with zero attached hydrogens (tertiary/aromatic N) is 4. The van der Waals surface area contributed by atoms with Crippen LogP contribution in [0.1, 0.15) is 53.0 Å². The van der Waals surface area contributed by atoms with Gasteiger partial charge in [-0.2, -0.15) is 5.10 Å². The van der Waals surface area contributed by atoms with Gasteiger partial charge in [-0.25, -0.2) is 0 Å². The standard InChI is InChI=1S/C20H25N5O2/c1-14-11-21-7-6-18(14)20(27)24-8-9-25-17(13-24)10-16(23-25)12-22-19(26)15-4-2-3-5-15/h6-7,10-11,15H,2-5,8-9,12-13H2,1H3,(H,22,26). The number of aromatic nitrogens is 3. The molecule has 27 heavy (non-hydrogen) atoms. The number of hydrogen-bond donors (Lipinski definition) is 1. The molecule has 1 aliphatic heterocycles. The molecule has 7 nitrogen and oxygen atoms in total. The molecule has 0 spiro atoms. The zero-order chi connectivity index (χ0) is 18.8. The van der Waals surface area contributed by atoms with E-state index in [0.29, 0.717) is 31.7 Å². The van der Waals surface area contributed by atoms with E-state index in [4.69, 9.17) is 0 Å². The lowest BCUT2D eigenvalue weighted by Gasteiger charge is -2.28. The Labute approximate surface area is 158 Å². The summed E-state index contributed by atoms with van der Waals surface area (Å²) in [7, 11) is 0. The van der Waals surface area contributed by atoms with Crippen LogP contribution < -0.4 is 5.32 Å². The second-order valence-corrected chi connectivity index (χ2v) is 7.47. The smallest absolute Gasteiger partial charge is 0.254 e. The topological polar surface area (TPSA) is 80.1 Å². The van der Waals surface area contributed by atoms with E-state index in [9.17, 15) is 9.59 Å². The number of nitrogens with one attached hydrogen (secondary N) is 1. The van der Waals surface area contributed by atoms with Crippen molar-refractivity contribution in [1.29, 1.82) is 0 Å². The maximum Gasteiger partial charge on any atom is 0.254 e. The molecule has 1 saturated carbocycles. The molecule has 2 aromatic rings. The number of carbonyl (C=O) groups excluding carboxylic acids is 2. The quantitative estimate of drug-likeness (QED) is 0.897. The van der Waals surface area contributed by atoms with E-state index in [2.05, 4.69) is 15.4 Å². The number of pyridine rings is 1. The third-order valence-corrected chi connectivity index (χ3v) is 5.56. The molecule has 142 valence electrons. The van der Waals surface area contributed by atoms with E-state index >= 15 is 0 Å². The largest absolute Gasteiger partial charge is 0.350 e. The average molecular weight is 367 g/mol. The Morgan fingerprint density at radius 3 is 2.85 bits per heavy atom. The lowest BCUT2D eigenvalue weighted by molar-refractivity contribution is -0.125. The SMILES string of the molecule is Cc1cnccc1C(=O)N1CCn2nc(CNC(=O)C3CCCC3)cc2C1. The van der Waals surface area contributed by atoms with Crippen molar-refractivity contribution in [2.45, 2.75) is 52.2 Å². The maximum atomic E-state index is 12.8. The molecule has 4 rings (SSSR count). The highest BCUT2D eigenvalue weighted by molar-refractivity contribution is 5.95. The molecular weight excluding hydrogens is 342 g/mol. The molecule has 1 aliphatic carbocycles. The summed E-state index contributed by atoms with van der Waals surface area (Å²) in [5.74, 6) is 0.334. The Balaban J connectivity index is 1.39. The van der Waals surface area contributed by atoms with Gasteiger partial charge in [-0.1, -0.05) is 12.8 Å². The van der Waals surface area contributed by atoms with Crippen LogP contribution in [0.3, 0.4) is 0 Å². The first-order valence-corrected chi connectivity index (χ1v) is 9.65. The van der Waals surface area contributed by atoms with Crippen LogP contribution in [0.15, 0.2) is 24.5 Å². The number of hydrogen-bond acceptors (Lipinski definition) is 4. The fourth-order valence-electron chi connectivity index (χ4n) is 3.98. The summed E-state index contributed by atoms with van der Waals surface area (Å²) >= 11 is 0. The summed E-state index contributed by atoms with van der Waals surface area (Å²) in [6.07, 6.45) is 7.66. The minimum atomic E-state index is 0.0263. The van der Waals surface area contributed by atoms with E-state index < -0.39 is 0 Å². The molecule has 0 saturated heterocycles. The first-order chi connectivity index (χ1) is 13.1. The second kappa shape index (κ2) is 7.50. The predicted molar refractivity (Wildman–Crippen MR) is 99.7 cm³/mol. The molecule has 0 bridgehead atoms. The van der Waals surface area contributed by atoms with Crippen LogP contribution in [0.4, 0.5) is 0 Å². The first-order valence-electron chi connectivity index (χ1n) is 9.65. The molecule has 1 fully saturated rings. The van der Waals surface area contributed by atoms with Crippen LogP contribution in [0.2, 0.25) is 0 Å². The summed E-state index contributed by atoms with van der Waals surface area (Å²) in [6.45, 7) is 4.18. The van der Waals surface area contributed by atoms with E-state index in [1.165, 1.54) is 0 Å². The van der Waals surface area contributed by atoms with E-state index in [0.717, 1.165) is 42.6 Å². The summed E-state index contributed by atoms with van der Waals surface area (Å²) in [5.41, 5.74) is 3.44. The highest BCUT2D eigenvalue weighted by Crippen LogP contribution is 2.24. The molecule has 0 unspecified atom stereocenters. The number of amides is 2. The van der Waals surface area contributed by atoms with Gasteiger partial charge < -0.3 is 10.2 Å². The van der Waals surface area contributed by atoms with Gasteiger partial charge in [0.2, 0.25) is 5.91 Å². The average Bonchev–Trinajstić information content (AvgIpc) is 3.35. The van der Waals surface area contributed by atoms with Gasteiger partial charge in [-0.05, 0) is 37.5 Å². The maximum absolute atomic E-state index is 12.8. The number of rotatable bonds is 4. The zero-order valence-electron chi connectivity index (χ0n) is 15.6. The Morgan fingerprint density at radius 1 is 1.26 bits per heavy atom. The third kappa shape index (κ3) is 3.72. The molecule has 7 heteroatoms. The van der Waals surface area contributed by atoms with Crippen LogP contribution in [-0.4, -0.2) is 38.0 Å². The minimum absolute atomic E-state index is 0.0263. The van der Waals surface area contributed by atoms with Gasteiger partial charge in [0.25, 0.3) is 5.91 Å². The van der Waals surface area contributed by atoms with E-state index in [1.807, 2.05) is 22.6 Å². The van der Waals surface area contributed by atoms with Gasteiger partial charge in [0.15, 0.2) is 0 Å². The van der Waals surface area contributed by atoms with Gasteiger partial charge in [-0.15, -0.1) is 0 Å². The van der Waals surface area contributed by atoms with Gasteiger partial charge >= 0.3 is 0 Å². The van der Waals surface area contributed by atoms with Crippen molar-refractivity contribution in [3.8, 4) is 0 Å². The predicted octanol–water partition coefficient (Wildman–Crippen LogP) is 2.05. The van der Waals surface area contributed by atoms with Crippen molar-refractivity contribution in [2.75, 3.05) is 6.54 Å². The highest BCUT2D eigenvalue weighted by Gasteiger charge is 2.25. The van der Waals surface area contributed by atoms with Crippen molar-refractivity contribution in [1.82, 2.24) is 25.0 Å². The lowest BCUT2D eigenvalue weighted by atomic mass is 10.1. The number of aryl methyl sites for hydroxylation is 1. The molecule has 2 aromatic heterocycles. The van der Waals surface area contributed by atoms with Crippen LogP contribution in [0.25, 0.3) is 0 Å².